The van der Waals surface area contributed by atoms with Crippen molar-refractivity contribution in [2.45, 2.75) is 6.92 Å². The average molecular weight is 267 g/mol. The number of esters is 1. The Bertz CT molecular complexity index is 70.1. The van der Waals surface area contributed by atoms with Crippen LogP contribution in [0.25, 0.3) is 0 Å². The van der Waals surface area contributed by atoms with Gasteiger partial charge in [-0.3, -0.25) is 4.79 Å². The van der Waals surface area contributed by atoms with Crippen LogP contribution in [-0.2, 0) is 31.9 Å². The first-order valence-corrected chi connectivity index (χ1v) is 1.55. The van der Waals surface area contributed by atoms with Crippen LogP contribution in [-0.4, -0.2) is 5.97 Å². The van der Waals surface area contributed by atoms with E-state index in [1.807, 2.05) is 0 Å². The van der Waals surface area contributed by atoms with Gasteiger partial charge >= 0.3 is 5.97 Å². The van der Waals surface area contributed by atoms with Gasteiger partial charge in [0.05, 0.1) is 6.26 Å². The van der Waals surface area contributed by atoms with Crippen molar-refractivity contribution in [2.24, 2.45) is 0 Å². The standard InChI is InChI=1S/C4H6O2.Ta/c1-3-6-4(2)5;/h3H,1H2,2H3;. The molecule has 0 aliphatic carbocycles. The van der Waals surface area contributed by atoms with Crippen molar-refractivity contribution in [3.63, 3.8) is 0 Å². The van der Waals surface area contributed by atoms with E-state index in [4.69, 9.17) is 0 Å². The molecule has 0 fully saturated rings. The van der Waals surface area contributed by atoms with Crippen LogP contribution in [0.5, 0.6) is 0 Å². The summed E-state index contributed by atoms with van der Waals surface area (Å²) in [5, 5.41) is 0. The molecule has 1 radical (unpaired) electrons. The zero-order chi connectivity index (χ0) is 4.99. The third kappa shape index (κ3) is 10.7. The van der Waals surface area contributed by atoms with E-state index in [0.29, 0.717) is 0 Å². The Morgan fingerprint density at radius 2 is 2.29 bits per heavy atom. The minimum absolute atomic E-state index is 0. The van der Waals surface area contributed by atoms with Crippen LogP contribution < -0.4 is 0 Å². The molecule has 39 valence electrons. The molecular weight excluding hydrogens is 261 g/mol. The molecule has 0 heterocycles. The maximum Gasteiger partial charge on any atom is 0.307 e. The first-order valence-electron chi connectivity index (χ1n) is 1.55. The normalized spacial score (nSPS) is 5.86. The van der Waals surface area contributed by atoms with Gasteiger partial charge in [-0.1, -0.05) is 6.58 Å². The Morgan fingerprint density at radius 3 is 2.29 bits per heavy atom. The molecule has 0 bridgehead atoms. The minimum Gasteiger partial charge on any atom is -0.435 e. The van der Waals surface area contributed by atoms with Crippen LogP contribution in [0.15, 0.2) is 12.8 Å². The molecule has 0 spiro atoms. The summed E-state index contributed by atoms with van der Waals surface area (Å²) in [7, 11) is 0. The van der Waals surface area contributed by atoms with Crippen LogP contribution in [0, 0.1) is 0 Å². The first-order chi connectivity index (χ1) is 2.77. The van der Waals surface area contributed by atoms with Gasteiger partial charge in [0.25, 0.3) is 0 Å². The molecule has 0 aromatic heterocycles. The Hall–Kier alpha value is -0.0497. The molecule has 0 unspecified atom stereocenters. The fraction of sp³-hybridized carbons (Fsp3) is 0.250. The first kappa shape index (κ1) is 10.0. The van der Waals surface area contributed by atoms with Crippen LogP contribution >= 0.6 is 0 Å². The molecule has 0 amide bonds. The molecule has 0 saturated carbocycles. The second-order valence-corrected chi connectivity index (χ2v) is 0.776. The number of ether oxygens (including phenoxy) is 1. The van der Waals surface area contributed by atoms with Gasteiger partial charge in [0, 0.05) is 29.3 Å². The quantitative estimate of drug-likeness (QED) is 0.516. The van der Waals surface area contributed by atoms with E-state index in [0.717, 1.165) is 6.26 Å². The third-order valence-electron chi connectivity index (χ3n) is 0.249. The Kier molecular flexibility index (Phi) is 8.54. The van der Waals surface area contributed by atoms with E-state index in [2.05, 4.69) is 11.3 Å². The van der Waals surface area contributed by atoms with Gasteiger partial charge in [0.15, 0.2) is 0 Å². The Balaban J connectivity index is 0. The molecule has 0 aliphatic heterocycles. The summed E-state index contributed by atoms with van der Waals surface area (Å²) in [5.74, 6) is -0.329. The minimum atomic E-state index is -0.329. The number of rotatable bonds is 1. The van der Waals surface area contributed by atoms with Gasteiger partial charge in [-0.25, -0.2) is 0 Å². The zero-order valence-corrected chi connectivity index (χ0v) is 7.26. The van der Waals surface area contributed by atoms with E-state index >= 15 is 0 Å². The summed E-state index contributed by atoms with van der Waals surface area (Å²) in [5.41, 5.74) is 0. The van der Waals surface area contributed by atoms with Gasteiger partial charge in [-0.05, 0) is 0 Å². The monoisotopic (exact) mass is 267 g/mol. The topological polar surface area (TPSA) is 26.3 Å². The molecule has 7 heavy (non-hydrogen) atoms. The summed E-state index contributed by atoms with van der Waals surface area (Å²) in [6.45, 7) is 4.48. The molecule has 0 aromatic rings. The second-order valence-electron chi connectivity index (χ2n) is 0.776. The van der Waals surface area contributed by atoms with Crippen molar-refractivity contribution in [3.05, 3.63) is 12.8 Å². The van der Waals surface area contributed by atoms with Gasteiger partial charge in [0.2, 0.25) is 0 Å². The number of carbonyl (C=O) groups is 1. The molecule has 0 aromatic carbocycles. The average Bonchev–Trinajstić information content (AvgIpc) is 1.35. The van der Waals surface area contributed by atoms with Gasteiger partial charge < -0.3 is 4.74 Å². The summed E-state index contributed by atoms with van der Waals surface area (Å²) >= 11 is 0. The van der Waals surface area contributed by atoms with E-state index in [-0.39, 0.29) is 28.3 Å². The maximum absolute atomic E-state index is 9.75. The van der Waals surface area contributed by atoms with E-state index in [1.54, 1.807) is 0 Å². The maximum atomic E-state index is 9.75. The zero-order valence-electron chi connectivity index (χ0n) is 4.05. The van der Waals surface area contributed by atoms with Crippen LogP contribution in [0.1, 0.15) is 6.92 Å². The predicted molar refractivity (Wildman–Crippen MR) is 22.0 cm³/mol. The molecular formula is C4H6O2Ta. The Labute approximate surface area is 58.1 Å². The van der Waals surface area contributed by atoms with Crippen molar-refractivity contribution in [2.75, 3.05) is 0 Å². The number of carbonyl (C=O) groups excluding carboxylic acids is 1. The molecule has 0 rings (SSSR count). The summed E-state index contributed by atoms with van der Waals surface area (Å²) in [6.07, 6.45) is 1.10. The molecule has 2 nitrogen and oxygen atoms in total. The fourth-order valence-electron chi connectivity index (χ4n) is 0.117. The molecule has 0 N–H and O–H groups in total. The van der Waals surface area contributed by atoms with E-state index in [1.165, 1.54) is 6.92 Å². The van der Waals surface area contributed by atoms with E-state index < -0.39 is 0 Å². The molecule has 0 atom stereocenters. The van der Waals surface area contributed by atoms with Crippen LogP contribution in [0.4, 0.5) is 0 Å². The van der Waals surface area contributed by atoms with E-state index in [9.17, 15) is 4.79 Å². The van der Waals surface area contributed by atoms with Crippen LogP contribution in [0.3, 0.4) is 0 Å². The summed E-state index contributed by atoms with van der Waals surface area (Å²) in [4.78, 5) is 9.75. The number of hydrogen-bond donors (Lipinski definition) is 0. The predicted octanol–water partition coefficient (Wildman–Crippen LogP) is 0.690. The molecule has 0 saturated heterocycles. The summed E-state index contributed by atoms with van der Waals surface area (Å²) in [6, 6.07) is 0. The Morgan fingerprint density at radius 1 is 1.86 bits per heavy atom. The number of hydrogen-bond acceptors (Lipinski definition) is 2. The van der Waals surface area contributed by atoms with Gasteiger partial charge in [0.1, 0.15) is 0 Å². The van der Waals surface area contributed by atoms with Crippen molar-refractivity contribution in [3.8, 4) is 0 Å². The largest absolute Gasteiger partial charge is 0.435 e. The van der Waals surface area contributed by atoms with Gasteiger partial charge in [-0.15, -0.1) is 0 Å². The second kappa shape index (κ2) is 5.95. The smallest absolute Gasteiger partial charge is 0.307 e. The molecule has 3 heteroatoms. The van der Waals surface area contributed by atoms with Crippen molar-refractivity contribution < 1.29 is 31.9 Å². The third-order valence-corrected chi connectivity index (χ3v) is 0.249. The fourth-order valence-corrected chi connectivity index (χ4v) is 0.117. The van der Waals surface area contributed by atoms with Gasteiger partial charge in [-0.2, -0.15) is 0 Å². The SMILES string of the molecule is C=COC(C)=O.[Ta]. The molecule has 0 aliphatic rings. The summed E-state index contributed by atoms with van der Waals surface area (Å²) < 4.78 is 4.17. The van der Waals surface area contributed by atoms with Crippen molar-refractivity contribution in [1.29, 1.82) is 0 Å². The van der Waals surface area contributed by atoms with Crippen molar-refractivity contribution >= 4 is 5.97 Å². The van der Waals surface area contributed by atoms with Crippen LogP contribution in [0.2, 0.25) is 0 Å². The van der Waals surface area contributed by atoms with Crippen molar-refractivity contribution in [1.82, 2.24) is 0 Å².